The van der Waals surface area contributed by atoms with E-state index >= 15 is 0 Å². The molecule has 0 aliphatic heterocycles. The van der Waals surface area contributed by atoms with Crippen molar-refractivity contribution in [1.29, 1.82) is 0 Å². The Morgan fingerprint density at radius 3 is 2.21 bits per heavy atom. The van der Waals surface area contributed by atoms with Crippen molar-refractivity contribution in [2.75, 3.05) is 13.7 Å². The van der Waals surface area contributed by atoms with Gasteiger partial charge >= 0.3 is 5.97 Å². The van der Waals surface area contributed by atoms with Crippen LogP contribution in [0.25, 0.3) is 0 Å². The summed E-state index contributed by atoms with van der Waals surface area (Å²) in [7, 11) is 1.35. The van der Waals surface area contributed by atoms with Crippen molar-refractivity contribution in [3.63, 3.8) is 0 Å². The maximum atomic E-state index is 11.0. The van der Waals surface area contributed by atoms with E-state index in [1.54, 1.807) is 10.7 Å². The first-order chi connectivity index (χ1) is 13.4. The van der Waals surface area contributed by atoms with E-state index in [1.165, 1.54) is 25.6 Å². The zero-order valence-corrected chi connectivity index (χ0v) is 19.0. The van der Waals surface area contributed by atoms with Crippen LogP contribution in [0.2, 0.25) is 0 Å². The molecule has 0 atom stereocenters. The molecule has 0 amide bonds. The van der Waals surface area contributed by atoms with Crippen LogP contribution in [-0.2, 0) is 17.8 Å². The van der Waals surface area contributed by atoms with Crippen molar-refractivity contribution in [2.45, 2.75) is 74.0 Å². The SMILES string of the molecule is CC.CCCN(Cc1ccccc1)C(C)C.CCn1nc(C(=O)OC)cc1C. The molecule has 0 aliphatic carbocycles. The Balaban J connectivity index is 0.000000483. The van der Waals surface area contributed by atoms with Crippen LogP contribution < -0.4 is 0 Å². The van der Waals surface area contributed by atoms with Crippen LogP contribution in [0, 0.1) is 6.92 Å². The average molecular weight is 390 g/mol. The van der Waals surface area contributed by atoms with Gasteiger partial charge in [0.2, 0.25) is 0 Å². The van der Waals surface area contributed by atoms with E-state index in [0.717, 1.165) is 18.8 Å². The van der Waals surface area contributed by atoms with Crippen LogP contribution in [0.3, 0.4) is 0 Å². The molecule has 0 bridgehead atoms. The summed E-state index contributed by atoms with van der Waals surface area (Å²) in [5.41, 5.74) is 2.75. The van der Waals surface area contributed by atoms with Crippen molar-refractivity contribution in [3.8, 4) is 0 Å². The summed E-state index contributed by atoms with van der Waals surface area (Å²) >= 11 is 0. The molecule has 0 radical (unpaired) electrons. The van der Waals surface area contributed by atoms with E-state index < -0.39 is 0 Å². The fraction of sp³-hybridized carbons (Fsp3) is 0.565. The molecule has 0 saturated heterocycles. The number of methoxy groups -OCH3 is 1. The number of aromatic nitrogens is 2. The van der Waals surface area contributed by atoms with E-state index in [0.29, 0.717) is 11.7 Å². The van der Waals surface area contributed by atoms with Crippen LogP contribution >= 0.6 is 0 Å². The normalized spacial score (nSPS) is 10.1. The first-order valence-electron chi connectivity index (χ1n) is 10.3. The molecule has 0 spiro atoms. The molecule has 0 unspecified atom stereocenters. The second kappa shape index (κ2) is 14.9. The van der Waals surface area contributed by atoms with Gasteiger partial charge in [0.15, 0.2) is 5.69 Å². The number of carbonyl (C=O) groups excluding carboxylic acids is 1. The van der Waals surface area contributed by atoms with Crippen molar-refractivity contribution in [1.82, 2.24) is 14.7 Å². The van der Waals surface area contributed by atoms with Crippen LogP contribution in [0.4, 0.5) is 0 Å². The van der Waals surface area contributed by atoms with Crippen LogP contribution in [-0.4, -0.2) is 40.3 Å². The predicted octanol–water partition coefficient (Wildman–Crippen LogP) is 5.33. The lowest BCUT2D eigenvalue weighted by Gasteiger charge is -2.25. The lowest BCUT2D eigenvalue weighted by molar-refractivity contribution is 0.0593. The Hall–Kier alpha value is -2.14. The Bertz CT molecular complexity index is 651. The Kier molecular flexibility index (Phi) is 13.7. The molecule has 2 aromatic rings. The summed E-state index contributed by atoms with van der Waals surface area (Å²) in [6, 6.07) is 13.0. The van der Waals surface area contributed by atoms with Gasteiger partial charge in [0, 0.05) is 24.8 Å². The molecule has 1 aromatic carbocycles. The zero-order valence-electron chi connectivity index (χ0n) is 19.0. The summed E-state index contributed by atoms with van der Waals surface area (Å²) in [5, 5.41) is 4.04. The highest BCUT2D eigenvalue weighted by molar-refractivity contribution is 5.87. The van der Waals surface area contributed by atoms with Crippen molar-refractivity contribution in [2.24, 2.45) is 0 Å². The highest BCUT2D eigenvalue weighted by Crippen LogP contribution is 2.08. The number of carbonyl (C=O) groups is 1. The first-order valence-corrected chi connectivity index (χ1v) is 10.3. The lowest BCUT2D eigenvalue weighted by Crippen LogP contribution is -2.30. The summed E-state index contributed by atoms with van der Waals surface area (Å²) in [4.78, 5) is 13.5. The number of ether oxygens (including phenoxy) is 1. The van der Waals surface area contributed by atoms with Gasteiger partial charge in [-0.05, 0) is 52.3 Å². The molecule has 1 aromatic heterocycles. The third-order valence-corrected chi connectivity index (χ3v) is 4.14. The highest BCUT2D eigenvalue weighted by Gasteiger charge is 2.10. The molecule has 5 nitrogen and oxygen atoms in total. The second-order valence-corrected chi connectivity index (χ2v) is 6.53. The van der Waals surface area contributed by atoms with E-state index in [1.807, 2.05) is 27.7 Å². The minimum Gasteiger partial charge on any atom is -0.464 e. The number of hydrogen-bond acceptors (Lipinski definition) is 4. The van der Waals surface area contributed by atoms with Crippen molar-refractivity contribution < 1.29 is 9.53 Å². The molecular weight excluding hydrogens is 350 g/mol. The predicted molar refractivity (Wildman–Crippen MR) is 118 cm³/mol. The second-order valence-electron chi connectivity index (χ2n) is 6.53. The third kappa shape index (κ3) is 9.18. The zero-order chi connectivity index (χ0) is 21.5. The summed E-state index contributed by atoms with van der Waals surface area (Å²) in [6.45, 7) is 17.7. The van der Waals surface area contributed by atoms with Gasteiger partial charge in [0.1, 0.15) is 0 Å². The Morgan fingerprint density at radius 1 is 1.18 bits per heavy atom. The summed E-state index contributed by atoms with van der Waals surface area (Å²) < 4.78 is 6.29. The van der Waals surface area contributed by atoms with Crippen LogP contribution in [0.1, 0.15) is 69.7 Å². The smallest absolute Gasteiger partial charge is 0.358 e. The minimum atomic E-state index is -0.384. The largest absolute Gasteiger partial charge is 0.464 e. The topological polar surface area (TPSA) is 47.4 Å². The van der Waals surface area contributed by atoms with Crippen molar-refractivity contribution in [3.05, 3.63) is 53.3 Å². The molecule has 0 fully saturated rings. The van der Waals surface area contributed by atoms with Gasteiger partial charge in [-0.25, -0.2) is 4.79 Å². The van der Waals surface area contributed by atoms with Crippen LogP contribution in [0.5, 0.6) is 0 Å². The quantitative estimate of drug-likeness (QED) is 0.600. The van der Waals surface area contributed by atoms with E-state index in [-0.39, 0.29) is 5.97 Å². The van der Waals surface area contributed by atoms with Gasteiger partial charge in [-0.2, -0.15) is 5.10 Å². The molecule has 0 N–H and O–H groups in total. The number of benzene rings is 1. The number of aryl methyl sites for hydroxylation is 2. The van der Waals surface area contributed by atoms with E-state index in [9.17, 15) is 4.79 Å². The average Bonchev–Trinajstić information content (AvgIpc) is 3.10. The van der Waals surface area contributed by atoms with Gasteiger partial charge in [-0.1, -0.05) is 51.1 Å². The monoisotopic (exact) mass is 389 g/mol. The molecule has 1 heterocycles. The molecule has 158 valence electrons. The van der Waals surface area contributed by atoms with Crippen molar-refractivity contribution >= 4 is 5.97 Å². The number of nitrogens with zero attached hydrogens (tertiary/aromatic N) is 3. The fourth-order valence-electron chi connectivity index (χ4n) is 2.66. The molecule has 0 saturated carbocycles. The van der Waals surface area contributed by atoms with E-state index in [4.69, 9.17) is 0 Å². The molecular formula is C23H39N3O2. The summed E-state index contributed by atoms with van der Waals surface area (Å²) in [5.74, 6) is -0.384. The number of rotatable bonds is 7. The molecule has 28 heavy (non-hydrogen) atoms. The first kappa shape index (κ1) is 25.9. The van der Waals surface area contributed by atoms with E-state index in [2.05, 4.69) is 65.8 Å². The third-order valence-electron chi connectivity index (χ3n) is 4.14. The van der Waals surface area contributed by atoms with Gasteiger partial charge < -0.3 is 4.74 Å². The maximum Gasteiger partial charge on any atom is 0.358 e. The highest BCUT2D eigenvalue weighted by atomic mass is 16.5. The Labute approximate surface area is 171 Å². The van der Waals surface area contributed by atoms with Gasteiger partial charge in [0.25, 0.3) is 0 Å². The van der Waals surface area contributed by atoms with Crippen LogP contribution in [0.15, 0.2) is 36.4 Å². The maximum absolute atomic E-state index is 11.0. The lowest BCUT2D eigenvalue weighted by atomic mass is 10.2. The van der Waals surface area contributed by atoms with Gasteiger partial charge in [-0.3, -0.25) is 9.58 Å². The Morgan fingerprint density at radius 2 is 1.79 bits per heavy atom. The molecule has 0 aliphatic rings. The fourth-order valence-corrected chi connectivity index (χ4v) is 2.66. The number of esters is 1. The number of hydrogen-bond donors (Lipinski definition) is 0. The molecule has 5 heteroatoms. The summed E-state index contributed by atoms with van der Waals surface area (Å²) in [6.07, 6.45) is 1.23. The van der Waals surface area contributed by atoms with Gasteiger partial charge in [-0.15, -0.1) is 0 Å². The molecule has 2 rings (SSSR count). The standard InChI is InChI=1S/C13H21N.C8H12N2O2.C2H6/c1-4-10-14(12(2)3)11-13-8-6-5-7-9-13;1-4-10-6(2)5-7(9-10)8(11)12-3;1-2/h5-9,12H,4,10-11H2,1-3H3;5H,4H2,1-3H3;1-2H3. The minimum absolute atomic E-state index is 0.372. The van der Waals surface area contributed by atoms with Gasteiger partial charge in [0.05, 0.1) is 7.11 Å².